The Morgan fingerprint density at radius 1 is 1.33 bits per heavy atom. The normalized spacial score (nSPS) is 31.1. The average molecular weight is 246 g/mol. The molecule has 2 saturated heterocycles. The first-order valence-corrected chi connectivity index (χ1v) is 6.53. The maximum absolute atomic E-state index is 12.4. The van der Waals surface area contributed by atoms with Crippen molar-refractivity contribution in [3.05, 3.63) is 29.6 Å². The van der Waals surface area contributed by atoms with E-state index in [0.29, 0.717) is 17.8 Å². The molecule has 2 aliphatic heterocycles. The highest BCUT2D eigenvalue weighted by molar-refractivity contribution is 5.96. The van der Waals surface area contributed by atoms with E-state index in [9.17, 15) is 4.79 Å². The molecule has 0 aliphatic carbocycles. The Bertz CT molecular complexity index is 432. The van der Waals surface area contributed by atoms with Gasteiger partial charge < -0.3 is 10.1 Å². The van der Waals surface area contributed by atoms with Crippen molar-refractivity contribution in [2.45, 2.75) is 31.8 Å². The number of fused-ring (bicyclic) bond motifs is 2. The van der Waals surface area contributed by atoms with Crippen LogP contribution in [0.4, 0.5) is 0 Å². The van der Waals surface area contributed by atoms with Crippen LogP contribution in [0.3, 0.4) is 0 Å². The lowest BCUT2D eigenvalue weighted by Crippen LogP contribution is -2.55. The Morgan fingerprint density at radius 3 is 2.67 bits per heavy atom. The Hall–Kier alpha value is -1.26. The molecule has 2 bridgehead atoms. The van der Waals surface area contributed by atoms with Gasteiger partial charge in [-0.3, -0.25) is 9.78 Å². The molecule has 4 nitrogen and oxygen atoms in total. The summed E-state index contributed by atoms with van der Waals surface area (Å²) in [6.07, 6.45) is 3.49. The Balaban J connectivity index is 1.74. The summed E-state index contributed by atoms with van der Waals surface area (Å²) < 4.78 is 5.50. The third kappa shape index (κ3) is 2.31. The van der Waals surface area contributed by atoms with Crippen molar-refractivity contribution in [2.24, 2.45) is 5.92 Å². The van der Waals surface area contributed by atoms with Crippen LogP contribution in [0.25, 0.3) is 0 Å². The van der Waals surface area contributed by atoms with E-state index in [4.69, 9.17) is 4.74 Å². The van der Waals surface area contributed by atoms with Crippen LogP contribution in [-0.2, 0) is 4.74 Å². The molecular weight excluding hydrogens is 228 g/mol. The lowest BCUT2D eigenvalue weighted by Gasteiger charge is -2.39. The minimum Gasteiger partial charge on any atom is -0.378 e. The number of aromatic nitrogens is 1. The molecule has 1 aromatic rings. The summed E-state index contributed by atoms with van der Waals surface area (Å²) in [7, 11) is 0. The molecule has 96 valence electrons. The zero-order valence-corrected chi connectivity index (χ0v) is 10.6. The number of nitrogens with one attached hydrogen (secondary N) is 1. The third-order valence-electron chi connectivity index (χ3n) is 3.78. The molecule has 4 heteroatoms. The first kappa shape index (κ1) is 11.8. The molecule has 2 unspecified atom stereocenters. The average Bonchev–Trinajstić information content (AvgIpc) is 2.38. The monoisotopic (exact) mass is 246 g/mol. The zero-order valence-electron chi connectivity index (χ0n) is 10.6. The van der Waals surface area contributed by atoms with Crippen LogP contribution in [0, 0.1) is 12.8 Å². The fraction of sp³-hybridized carbons (Fsp3) is 0.571. The van der Waals surface area contributed by atoms with Gasteiger partial charge in [-0.2, -0.15) is 0 Å². The Morgan fingerprint density at radius 2 is 2.06 bits per heavy atom. The summed E-state index contributed by atoms with van der Waals surface area (Å²) in [6.45, 7) is 3.43. The number of aryl methyl sites for hydroxylation is 1. The maximum Gasteiger partial charge on any atom is 0.184 e. The first-order valence-electron chi connectivity index (χ1n) is 6.53. The number of Topliss-reactive ketones (excluding diaryl/α,β-unsaturated/α-hetero) is 1. The molecule has 2 aliphatic rings. The van der Waals surface area contributed by atoms with E-state index in [2.05, 4.69) is 10.3 Å². The number of ether oxygens (including phenoxy) is 1. The quantitative estimate of drug-likeness (QED) is 0.800. The van der Waals surface area contributed by atoms with Crippen LogP contribution in [0.1, 0.15) is 28.9 Å². The van der Waals surface area contributed by atoms with Crippen molar-refractivity contribution in [3.8, 4) is 0 Å². The van der Waals surface area contributed by atoms with Gasteiger partial charge in [0.1, 0.15) is 5.69 Å². The second-order valence-corrected chi connectivity index (χ2v) is 5.35. The number of piperidine rings is 1. The van der Waals surface area contributed by atoms with Crippen molar-refractivity contribution in [3.63, 3.8) is 0 Å². The van der Waals surface area contributed by atoms with E-state index in [-0.39, 0.29) is 11.7 Å². The van der Waals surface area contributed by atoms with Gasteiger partial charge in [0.15, 0.2) is 5.78 Å². The van der Waals surface area contributed by atoms with Crippen molar-refractivity contribution in [2.75, 3.05) is 13.2 Å². The molecule has 0 aromatic carbocycles. The van der Waals surface area contributed by atoms with Gasteiger partial charge in [0, 0.05) is 24.2 Å². The van der Waals surface area contributed by atoms with Crippen LogP contribution in [0.15, 0.2) is 18.3 Å². The highest BCUT2D eigenvalue weighted by Crippen LogP contribution is 2.26. The van der Waals surface area contributed by atoms with Crippen molar-refractivity contribution < 1.29 is 9.53 Å². The Kier molecular flexibility index (Phi) is 3.14. The zero-order chi connectivity index (χ0) is 12.5. The van der Waals surface area contributed by atoms with Crippen molar-refractivity contribution >= 4 is 5.78 Å². The molecule has 2 fully saturated rings. The van der Waals surface area contributed by atoms with Crippen LogP contribution in [0.2, 0.25) is 0 Å². The van der Waals surface area contributed by atoms with Crippen LogP contribution in [0.5, 0.6) is 0 Å². The SMILES string of the molecule is Cc1ccc(C(=O)C2CC3COCC(C2)N3)nc1. The molecule has 0 spiro atoms. The fourth-order valence-corrected chi connectivity index (χ4v) is 2.87. The van der Waals surface area contributed by atoms with Gasteiger partial charge in [-0.25, -0.2) is 0 Å². The summed E-state index contributed by atoms with van der Waals surface area (Å²) >= 11 is 0. The third-order valence-corrected chi connectivity index (χ3v) is 3.78. The van der Waals surface area contributed by atoms with E-state index in [0.717, 1.165) is 31.6 Å². The highest BCUT2D eigenvalue weighted by Gasteiger charge is 2.35. The van der Waals surface area contributed by atoms with Gasteiger partial charge in [0.25, 0.3) is 0 Å². The summed E-state index contributed by atoms with van der Waals surface area (Å²) in [6, 6.07) is 4.45. The second kappa shape index (κ2) is 4.78. The molecule has 2 atom stereocenters. The molecule has 0 radical (unpaired) electrons. The van der Waals surface area contributed by atoms with Crippen LogP contribution >= 0.6 is 0 Å². The summed E-state index contributed by atoms with van der Waals surface area (Å²) in [5.74, 6) is 0.286. The van der Waals surface area contributed by atoms with E-state index >= 15 is 0 Å². The number of carbonyl (C=O) groups excluding carboxylic acids is 1. The number of ketones is 1. The molecule has 0 saturated carbocycles. The topological polar surface area (TPSA) is 51.2 Å². The van der Waals surface area contributed by atoms with Crippen molar-refractivity contribution in [1.29, 1.82) is 0 Å². The lowest BCUT2D eigenvalue weighted by molar-refractivity contribution is 0.00943. The van der Waals surface area contributed by atoms with Gasteiger partial charge >= 0.3 is 0 Å². The highest BCUT2D eigenvalue weighted by atomic mass is 16.5. The van der Waals surface area contributed by atoms with E-state index in [1.54, 1.807) is 6.20 Å². The molecule has 18 heavy (non-hydrogen) atoms. The second-order valence-electron chi connectivity index (χ2n) is 5.35. The standard InChI is InChI=1S/C14H18N2O2/c1-9-2-3-13(15-6-9)14(17)10-4-11-7-18-8-12(5-10)16-11/h2-3,6,10-12,16H,4-5,7-8H2,1H3. The summed E-state index contributed by atoms with van der Waals surface area (Å²) in [5, 5.41) is 3.50. The van der Waals surface area contributed by atoms with Gasteiger partial charge in [0.2, 0.25) is 0 Å². The fourth-order valence-electron chi connectivity index (χ4n) is 2.87. The maximum atomic E-state index is 12.4. The number of hydrogen-bond donors (Lipinski definition) is 1. The molecule has 1 N–H and O–H groups in total. The summed E-state index contributed by atoms with van der Waals surface area (Å²) in [4.78, 5) is 16.7. The smallest absolute Gasteiger partial charge is 0.184 e. The molecule has 3 rings (SSSR count). The molecule has 0 amide bonds. The number of pyridine rings is 1. The predicted molar refractivity (Wildman–Crippen MR) is 67.6 cm³/mol. The number of hydrogen-bond acceptors (Lipinski definition) is 4. The van der Waals surface area contributed by atoms with E-state index in [1.807, 2.05) is 19.1 Å². The first-order chi connectivity index (χ1) is 8.72. The molecule has 1 aromatic heterocycles. The number of morpholine rings is 1. The van der Waals surface area contributed by atoms with Gasteiger partial charge in [-0.1, -0.05) is 6.07 Å². The molecular formula is C14H18N2O2. The number of carbonyl (C=O) groups is 1. The van der Waals surface area contributed by atoms with Gasteiger partial charge in [0.05, 0.1) is 13.2 Å². The minimum atomic E-state index is 0.0976. The number of nitrogens with zero attached hydrogens (tertiary/aromatic N) is 1. The Labute approximate surface area is 107 Å². The van der Waals surface area contributed by atoms with Gasteiger partial charge in [-0.05, 0) is 31.4 Å². The molecule has 3 heterocycles. The van der Waals surface area contributed by atoms with E-state index in [1.165, 1.54) is 0 Å². The number of rotatable bonds is 2. The minimum absolute atomic E-state index is 0.0976. The van der Waals surface area contributed by atoms with E-state index < -0.39 is 0 Å². The van der Waals surface area contributed by atoms with Gasteiger partial charge in [-0.15, -0.1) is 0 Å². The van der Waals surface area contributed by atoms with Crippen LogP contribution < -0.4 is 5.32 Å². The summed E-state index contributed by atoms with van der Waals surface area (Å²) in [5.41, 5.74) is 1.69. The largest absolute Gasteiger partial charge is 0.378 e. The van der Waals surface area contributed by atoms with Crippen LogP contribution in [-0.4, -0.2) is 36.1 Å². The van der Waals surface area contributed by atoms with Crippen molar-refractivity contribution in [1.82, 2.24) is 10.3 Å². The predicted octanol–water partition coefficient (Wildman–Crippen LogP) is 1.34. The lowest BCUT2D eigenvalue weighted by atomic mass is 9.83.